The number of benzene rings is 1. The van der Waals surface area contributed by atoms with Crippen LogP contribution in [0.4, 0.5) is 17.1 Å². The Balaban J connectivity index is 3.20. The van der Waals surface area contributed by atoms with E-state index in [2.05, 4.69) is 5.32 Å². The molecule has 0 radical (unpaired) electrons. The van der Waals surface area contributed by atoms with Gasteiger partial charge < -0.3 is 10.2 Å². The van der Waals surface area contributed by atoms with Crippen LogP contribution in [-0.2, 0) is 0 Å². The summed E-state index contributed by atoms with van der Waals surface area (Å²) in [6, 6.07) is 4.90. The monoisotopic (exact) mass is 195 g/mol. The average molecular weight is 195 g/mol. The summed E-state index contributed by atoms with van der Waals surface area (Å²) in [6.45, 7) is 0. The standard InChI is InChI=1S/C9H13N3O2/c1-10-7-4-8(11(2)3)6-9(5-7)12(13)14/h4-6,10H,1-3H3. The second-order valence-electron chi connectivity index (χ2n) is 3.14. The van der Waals surface area contributed by atoms with Gasteiger partial charge in [0.15, 0.2) is 0 Å². The van der Waals surface area contributed by atoms with Crippen molar-refractivity contribution < 1.29 is 4.92 Å². The summed E-state index contributed by atoms with van der Waals surface area (Å²) in [4.78, 5) is 12.0. The minimum atomic E-state index is -0.395. The van der Waals surface area contributed by atoms with Crippen LogP contribution in [0, 0.1) is 10.1 Å². The lowest BCUT2D eigenvalue weighted by molar-refractivity contribution is -0.384. The van der Waals surface area contributed by atoms with Crippen LogP contribution in [0.2, 0.25) is 0 Å². The fraction of sp³-hybridized carbons (Fsp3) is 0.333. The van der Waals surface area contributed by atoms with Crippen LogP contribution in [-0.4, -0.2) is 26.1 Å². The zero-order valence-electron chi connectivity index (χ0n) is 8.44. The zero-order chi connectivity index (χ0) is 10.7. The maximum atomic E-state index is 10.6. The normalized spacial score (nSPS) is 9.64. The SMILES string of the molecule is CNc1cc(N(C)C)cc([N+](=O)[O-])c1. The van der Waals surface area contributed by atoms with E-state index in [1.54, 1.807) is 13.1 Å². The highest BCUT2D eigenvalue weighted by Crippen LogP contribution is 2.25. The average Bonchev–Trinajstić information content (AvgIpc) is 2.16. The molecule has 1 rings (SSSR count). The molecule has 14 heavy (non-hydrogen) atoms. The second-order valence-corrected chi connectivity index (χ2v) is 3.14. The predicted octanol–water partition coefficient (Wildman–Crippen LogP) is 1.70. The molecule has 0 aliphatic carbocycles. The summed E-state index contributed by atoms with van der Waals surface area (Å²) in [5.41, 5.74) is 1.65. The van der Waals surface area contributed by atoms with E-state index in [4.69, 9.17) is 0 Å². The highest BCUT2D eigenvalue weighted by atomic mass is 16.6. The van der Waals surface area contributed by atoms with Crippen molar-refractivity contribution in [1.82, 2.24) is 0 Å². The van der Waals surface area contributed by atoms with E-state index in [1.807, 2.05) is 25.1 Å². The molecule has 0 saturated heterocycles. The first-order valence-corrected chi connectivity index (χ1v) is 4.19. The molecule has 0 bridgehead atoms. The quantitative estimate of drug-likeness (QED) is 0.589. The molecule has 76 valence electrons. The van der Waals surface area contributed by atoms with Crippen molar-refractivity contribution in [2.24, 2.45) is 0 Å². The molecule has 0 aliphatic heterocycles. The molecule has 5 nitrogen and oxygen atoms in total. The van der Waals surface area contributed by atoms with E-state index in [0.717, 1.165) is 11.4 Å². The minimum Gasteiger partial charge on any atom is -0.388 e. The van der Waals surface area contributed by atoms with Gasteiger partial charge in [-0.05, 0) is 6.07 Å². The molecular formula is C9H13N3O2. The number of hydrogen-bond acceptors (Lipinski definition) is 4. The Labute approximate surface area is 82.5 Å². The molecule has 0 aromatic heterocycles. The number of hydrogen-bond donors (Lipinski definition) is 1. The van der Waals surface area contributed by atoms with E-state index in [0.29, 0.717) is 0 Å². The van der Waals surface area contributed by atoms with Crippen LogP contribution >= 0.6 is 0 Å². The van der Waals surface area contributed by atoms with Gasteiger partial charge in [-0.3, -0.25) is 10.1 Å². The van der Waals surface area contributed by atoms with Crippen molar-refractivity contribution in [2.45, 2.75) is 0 Å². The Bertz CT molecular complexity index is 350. The predicted molar refractivity (Wildman–Crippen MR) is 57.0 cm³/mol. The molecular weight excluding hydrogens is 182 g/mol. The molecule has 0 saturated carbocycles. The van der Waals surface area contributed by atoms with Gasteiger partial charge in [0.2, 0.25) is 0 Å². The summed E-state index contributed by atoms with van der Waals surface area (Å²) in [7, 11) is 5.43. The summed E-state index contributed by atoms with van der Waals surface area (Å²) in [5, 5.41) is 13.5. The Morgan fingerprint density at radius 3 is 2.43 bits per heavy atom. The first-order chi connectivity index (χ1) is 6.54. The van der Waals surface area contributed by atoms with E-state index >= 15 is 0 Å². The van der Waals surface area contributed by atoms with Crippen molar-refractivity contribution in [1.29, 1.82) is 0 Å². The third-order valence-electron chi connectivity index (χ3n) is 1.92. The van der Waals surface area contributed by atoms with Gasteiger partial charge in [-0.1, -0.05) is 0 Å². The fourth-order valence-electron chi connectivity index (χ4n) is 1.10. The Morgan fingerprint density at radius 1 is 1.36 bits per heavy atom. The van der Waals surface area contributed by atoms with Gasteiger partial charge in [0, 0.05) is 44.7 Å². The van der Waals surface area contributed by atoms with Crippen molar-refractivity contribution in [3.63, 3.8) is 0 Å². The third-order valence-corrected chi connectivity index (χ3v) is 1.92. The number of nitrogens with one attached hydrogen (secondary N) is 1. The fourth-order valence-corrected chi connectivity index (χ4v) is 1.10. The Hall–Kier alpha value is -1.78. The molecule has 0 aliphatic rings. The van der Waals surface area contributed by atoms with Crippen LogP contribution in [0.3, 0.4) is 0 Å². The third kappa shape index (κ3) is 2.12. The summed E-state index contributed by atoms with van der Waals surface area (Å²) < 4.78 is 0. The molecule has 1 aromatic rings. The van der Waals surface area contributed by atoms with Crippen LogP contribution < -0.4 is 10.2 Å². The number of nitro groups is 1. The second kappa shape index (κ2) is 3.95. The first-order valence-electron chi connectivity index (χ1n) is 4.19. The van der Waals surface area contributed by atoms with Crippen LogP contribution in [0.15, 0.2) is 18.2 Å². The van der Waals surface area contributed by atoms with Gasteiger partial charge in [-0.2, -0.15) is 0 Å². The molecule has 0 unspecified atom stereocenters. The molecule has 1 aromatic carbocycles. The number of nitrogens with zero attached hydrogens (tertiary/aromatic N) is 2. The maximum Gasteiger partial charge on any atom is 0.273 e. The Kier molecular flexibility index (Phi) is 2.91. The van der Waals surface area contributed by atoms with E-state index < -0.39 is 4.92 Å². The molecule has 1 N–H and O–H groups in total. The van der Waals surface area contributed by atoms with Crippen molar-refractivity contribution in [3.05, 3.63) is 28.3 Å². The van der Waals surface area contributed by atoms with Gasteiger partial charge >= 0.3 is 0 Å². The number of anilines is 2. The van der Waals surface area contributed by atoms with Gasteiger partial charge in [-0.15, -0.1) is 0 Å². The molecule has 0 spiro atoms. The number of nitro benzene ring substituents is 1. The number of rotatable bonds is 3. The lowest BCUT2D eigenvalue weighted by atomic mass is 10.2. The van der Waals surface area contributed by atoms with Gasteiger partial charge in [0.1, 0.15) is 0 Å². The first kappa shape index (κ1) is 10.3. The highest BCUT2D eigenvalue weighted by molar-refractivity contribution is 5.63. The highest BCUT2D eigenvalue weighted by Gasteiger charge is 2.09. The van der Waals surface area contributed by atoms with Crippen molar-refractivity contribution in [2.75, 3.05) is 31.4 Å². The Morgan fingerprint density at radius 2 is 2.00 bits per heavy atom. The summed E-state index contributed by atoms with van der Waals surface area (Å²) in [6.07, 6.45) is 0. The summed E-state index contributed by atoms with van der Waals surface area (Å²) in [5.74, 6) is 0. The van der Waals surface area contributed by atoms with Gasteiger partial charge in [-0.25, -0.2) is 0 Å². The zero-order valence-corrected chi connectivity index (χ0v) is 8.44. The largest absolute Gasteiger partial charge is 0.388 e. The summed E-state index contributed by atoms with van der Waals surface area (Å²) >= 11 is 0. The molecule has 0 heterocycles. The van der Waals surface area contributed by atoms with Crippen LogP contribution in [0.5, 0.6) is 0 Å². The topological polar surface area (TPSA) is 58.4 Å². The smallest absolute Gasteiger partial charge is 0.273 e. The van der Waals surface area contributed by atoms with E-state index in [-0.39, 0.29) is 5.69 Å². The van der Waals surface area contributed by atoms with Crippen LogP contribution in [0.25, 0.3) is 0 Å². The van der Waals surface area contributed by atoms with E-state index in [1.165, 1.54) is 6.07 Å². The lowest BCUT2D eigenvalue weighted by Gasteiger charge is -2.13. The molecule has 5 heteroatoms. The molecule has 0 fully saturated rings. The van der Waals surface area contributed by atoms with E-state index in [9.17, 15) is 10.1 Å². The number of non-ortho nitro benzene ring substituents is 1. The van der Waals surface area contributed by atoms with Crippen LogP contribution in [0.1, 0.15) is 0 Å². The van der Waals surface area contributed by atoms with Crippen molar-refractivity contribution >= 4 is 17.1 Å². The van der Waals surface area contributed by atoms with Gasteiger partial charge in [0.25, 0.3) is 5.69 Å². The molecule has 0 atom stereocenters. The maximum absolute atomic E-state index is 10.6. The minimum absolute atomic E-state index is 0.0977. The van der Waals surface area contributed by atoms with Crippen molar-refractivity contribution in [3.8, 4) is 0 Å². The lowest BCUT2D eigenvalue weighted by Crippen LogP contribution is -2.09. The molecule has 0 amide bonds. The van der Waals surface area contributed by atoms with Gasteiger partial charge in [0.05, 0.1) is 4.92 Å².